The molecule has 1 aromatic heterocycles. The van der Waals surface area contributed by atoms with Crippen molar-refractivity contribution in [3.63, 3.8) is 0 Å². The van der Waals surface area contributed by atoms with Crippen LogP contribution in [0.5, 0.6) is 0 Å². The lowest BCUT2D eigenvalue weighted by Crippen LogP contribution is -2.42. The van der Waals surface area contributed by atoms with Crippen LogP contribution < -0.4 is 0 Å². The van der Waals surface area contributed by atoms with Crippen LogP contribution >= 0.6 is 0 Å². The summed E-state index contributed by atoms with van der Waals surface area (Å²) in [5.41, 5.74) is 0.377. The SMILES string of the molecule is CCn1nc(C)cc1CC1(O)CCCC(C(F)(F)F)C1. The van der Waals surface area contributed by atoms with Gasteiger partial charge in [-0.25, -0.2) is 0 Å². The highest BCUT2D eigenvalue weighted by Crippen LogP contribution is 2.42. The van der Waals surface area contributed by atoms with Gasteiger partial charge in [0, 0.05) is 18.7 Å². The Balaban J connectivity index is 2.14. The summed E-state index contributed by atoms with van der Waals surface area (Å²) < 4.78 is 40.3. The maximum Gasteiger partial charge on any atom is 0.391 e. The van der Waals surface area contributed by atoms with Crippen LogP contribution in [0, 0.1) is 12.8 Å². The van der Waals surface area contributed by atoms with Crippen LogP contribution in [0.1, 0.15) is 44.0 Å². The Morgan fingerprint density at radius 3 is 2.80 bits per heavy atom. The van der Waals surface area contributed by atoms with Crippen molar-refractivity contribution < 1.29 is 18.3 Å². The van der Waals surface area contributed by atoms with Crippen LogP contribution in [0.15, 0.2) is 6.07 Å². The summed E-state index contributed by atoms with van der Waals surface area (Å²) >= 11 is 0. The summed E-state index contributed by atoms with van der Waals surface area (Å²) in [6.07, 6.45) is -3.21. The first-order valence-corrected chi connectivity index (χ1v) is 7.06. The Bertz CT molecular complexity index is 469. The summed E-state index contributed by atoms with van der Waals surface area (Å²) in [5.74, 6) is -1.39. The summed E-state index contributed by atoms with van der Waals surface area (Å²) in [6.45, 7) is 4.43. The van der Waals surface area contributed by atoms with Gasteiger partial charge >= 0.3 is 6.18 Å². The third kappa shape index (κ3) is 3.34. The van der Waals surface area contributed by atoms with E-state index in [0.717, 1.165) is 11.4 Å². The van der Waals surface area contributed by atoms with Crippen molar-refractivity contribution in [3.05, 3.63) is 17.5 Å². The zero-order valence-electron chi connectivity index (χ0n) is 11.9. The van der Waals surface area contributed by atoms with Crippen molar-refractivity contribution in [3.8, 4) is 0 Å². The van der Waals surface area contributed by atoms with Gasteiger partial charge in [0.25, 0.3) is 0 Å². The van der Waals surface area contributed by atoms with Gasteiger partial charge in [-0.1, -0.05) is 0 Å². The van der Waals surface area contributed by atoms with E-state index in [0.29, 0.717) is 19.4 Å². The van der Waals surface area contributed by atoms with E-state index < -0.39 is 17.7 Å². The summed E-state index contributed by atoms with van der Waals surface area (Å²) in [5, 5.41) is 14.8. The molecular weight excluding hydrogens is 269 g/mol. The molecule has 1 saturated carbocycles. The van der Waals surface area contributed by atoms with Crippen LogP contribution in [0.4, 0.5) is 13.2 Å². The van der Waals surface area contributed by atoms with Crippen LogP contribution in [-0.2, 0) is 13.0 Å². The topological polar surface area (TPSA) is 38.0 Å². The second-order valence-corrected chi connectivity index (χ2v) is 5.83. The van der Waals surface area contributed by atoms with Gasteiger partial charge in [0.05, 0.1) is 17.2 Å². The number of aromatic nitrogens is 2. The minimum Gasteiger partial charge on any atom is -0.389 e. The molecule has 1 fully saturated rings. The second kappa shape index (κ2) is 5.39. The second-order valence-electron chi connectivity index (χ2n) is 5.83. The molecule has 6 heteroatoms. The lowest BCUT2D eigenvalue weighted by molar-refractivity contribution is -0.200. The van der Waals surface area contributed by atoms with Gasteiger partial charge in [0.1, 0.15) is 0 Å². The number of aliphatic hydroxyl groups is 1. The molecule has 0 aliphatic heterocycles. The predicted octanol–water partition coefficient (Wildman–Crippen LogP) is 3.24. The van der Waals surface area contributed by atoms with Crippen LogP contribution in [0.3, 0.4) is 0 Å². The Kier molecular flexibility index (Phi) is 4.14. The number of aryl methyl sites for hydroxylation is 2. The minimum atomic E-state index is -4.21. The average molecular weight is 290 g/mol. The fraction of sp³-hybridized carbons (Fsp3) is 0.786. The molecule has 1 aliphatic carbocycles. The van der Waals surface area contributed by atoms with E-state index in [4.69, 9.17) is 0 Å². The van der Waals surface area contributed by atoms with Gasteiger partial charge in [-0.15, -0.1) is 0 Å². The van der Waals surface area contributed by atoms with E-state index in [2.05, 4.69) is 5.10 Å². The molecule has 0 spiro atoms. The largest absolute Gasteiger partial charge is 0.391 e. The maximum absolute atomic E-state index is 12.8. The number of hydrogen-bond acceptors (Lipinski definition) is 2. The molecule has 1 N–H and O–H groups in total. The Morgan fingerprint density at radius 2 is 2.20 bits per heavy atom. The number of nitrogens with zero attached hydrogens (tertiary/aromatic N) is 2. The maximum atomic E-state index is 12.8. The molecule has 3 nitrogen and oxygen atoms in total. The molecule has 2 atom stereocenters. The molecule has 1 aromatic rings. The standard InChI is InChI=1S/C14H21F3N2O/c1-3-19-12(7-10(2)18-19)9-13(20)6-4-5-11(8-13)14(15,16)17/h7,11,20H,3-6,8-9H2,1-2H3. The fourth-order valence-corrected chi connectivity index (χ4v) is 3.13. The molecule has 0 aromatic carbocycles. The van der Waals surface area contributed by atoms with Crippen LogP contribution in [0.2, 0.25) is 0 Å². The van der Waals surface area contributed by atoms with Gasteiger partial charge < -0.3 is 5.11 Å². The van der Waals surface area contributed by atoms with Crippen molar-refractivity contribution in [1.82, 2.24) is 9.78 Å². The number of alkyl halides is 3. The zero-order valence-corrected chi connectivity index (χ0v) is 11.9. The molecule has 1 aliphatic rings. The number of hydrogen-bond donors (Lipinski definition) is 1. The smallest absolute Gasteiger partial charge is 0.389 e. The van der Waals surface area contributed by atoms with Gasteiger partial charge in [-0.05, 0) is 45.6 Å². The summed E-state index contributed by atoms with van der Waals surface area (Å²) in [7, 11) is 0. The molecule has 0 saturated heterocycles. The molecule has 0 amide bonds. The molecule has 2 rings (SSSR count). The summed E-state index contributed by atoms with van der Waals surface area (Å²) in [6, 6.07) is 1.85. The highest BCUT2D eigenvalue weighted by atomic mass is 19.4. The van der Waals surface area contributed by atoms with Crippen molar-refractivity contribution in [1.29, 1.82) is 0 Å². The zero-order chi connectivity index (χ0) is 15.0. The third-order valence-electron chi connectivity index (χ3n) is 4.08. The lowest BCUT2D eigenvalue weighted by Gasteiger charge is -2.37. The molecule has 20 heavy (non-hydrogen) atoms. The first kappa shape index (κ1) is 15.4. The van der Waals surface area contributed by atoms with Crippen molar-refractivity contribution >= 4 is 0 Å². The van der Waals surface area contributed by atoms with E-state index in [1.165, 1.54) is 0 Å². The fourth-order valence-electron chi connectivity index (χ4n) is 3.13. The Hall–Kier alpha value is -1.04. The van der Waals surface area contributed by atoms with Crippen molar-refractivity contribution in [2.75, 3.05) is 0 Å². The molecule has 0 bridgehead atoms. The van der Waals surface area contributed by atoms with Gasteiger partial charge in [-0.3, -0.25) is 4.68 Å². The van der Waals surface area contributed by atoms with Gasteiger partial charge in [0.15, 0.2) is 0 Å². The lowest BCUT2D eigenvalue weighted by atomic mass is 9.75. The van der Waals surface area contributed by atoms with Gasteiger partial charge in [0.2, 0.25) is 0 Å². The van der Waals surface area contributed by atoms with E-state index in [1.54, 1.807) is 4.68 Å². The average Bonchev–Trinajstić information content (AvgIpc) is 2.67. The van der Waals surface area contributed by atoms with E-state index in [-0.39, 0.29) is 19.3 Å². The third-order valence-corrected chi connectivity index (χ3v) is 4.08. The Labute approximate surface area is 116 Å². The normalized spacial score (nSPS) is 27.8. The van der Waals surface area contributed by atoms with Gasteiger partial charge in [-0.2, -0.15) is 18.3 Å². The molecule has 114 valence electrons. The molecular formula is C14H21F3N2O. The Morgan fingerprint density at radius 1 is 1.50 bits per heavy atom. The molecule has 1 heterocycles. The molecule has 0 radical (unpaired) electrons. The quantitative estimate of drug-likeness (QED) is 0.928. The van der Waals surface area contributed by atoms with E-state index >= 15 is 0 Å². The first-order valence-electron chi connectivity index (χ1n) is 7.06. The van der Waals surface area contributed by atoms with Crippen molar-refractivity contribution in [2.45, 2.75) is 64.3 Å². The van der Waals surface area contributed by atoms with Crippen LogP contribution in [-0.4, -0.2) is 26.7 Å². The van der Waals surface area contributed by atoms with Crippen molar-refractivity contribution in [2.24, 2.45) is 5.92 Å². The van der Waals surface area contributed by atoms with E-state index in [1.807, 2.05) is 19.9 Å². The molecule has 2 unspecified atom stereocenters. The summed E-state index contributed by atoms with van der Waals surface area (Å²) in [4.78, 5) is 0. The van der Waals surface area contributed by atoms with E-state index in [9.17, 15) is 18.3 Å². The number of halogens is 3. The van der Waals surface area contributed by atoms with Crippen LogP contribution in [0.25, 0.3) is 0 Å². The number of rotatable bonds is 3. The first-order chi connectivity index (χ1) is 9.23. The highest BCUT2D eigenvalue weighted by molar-refractivity contribution is 5.12. The monoisotopic (exact) mass is 290 g/mol. The minimum absolute atomic E-state index is 0.123. The highest BCUT2D eigenvalue weighted by Gasteiger charge is 2.47. The predicted molar refractivity (Wildman–Crippen MR) is 69.3 cm³/mol.